The van der Waals surface area contributed by atoms with Crippen molar-refractivity contribution in [2.45, 2.75) is 86.5 Å². The van der Waals surface area contributed by atoms with E-state index < -0.39 is 0 Å². The molecule has 2 rings (SSSR count). The normalized spacial score (nSPS) is 38.6. The second-order valence-electron chi connectivity index (χ2n) is 8.51. The summed E-state index contributed by atoms with van der Waals surface area (Å²) >= 11 is 0. The number of allylic oxidation sites excluding steroid dienone is 2. The topological polar surface area (TPSA) is 0 Å². The van der Waals surface area contributed by atoms with E-state index in [-0.39, 0.29) is 0 Å². The smallest absolute Gasteiger partial charge is 0.0235 e. The highest BCUT2D eigenvalue weighted by molar-refractivity contribution is 5.12. The Balaban J connectivity index is 2.19. The van der Waals surface area contributed by atoms with Gasteiger partial charge in [0.2, 0.25) is 0 Å². The van der Waals surface area contributed by atoms with Gasteiger partial charge < -0.3 is 0 Å². The molecule has 0 amide bonds. The molecule has 0 N–H and O–H groups in total. The van der Waals surface area contributed by atoms with Crippen LogP contribution in [0.15, 0.2) is 11.6 Å². The minimum Gasteiger partial charge on any atom is -0.0887 e. The maximum Gasteiger partial charge on any atom is -0.0235 e. The molecule has 2 saturated carbocycles. The monoisotopic (exact) mass is 275 g/mol. The quantitative estimate of drug-likeness (QED) is 0.511. The van der Waals surface area contributed by atoms with Crippen molar-refractivity contribution < 1.29 is 0 Å². The molecule has 0 heteroatoms. The summed E-state index contributed by atoms with van der Waals surface area (Å²) in [5, 5.41) is 0. The zero-order chi connectivity index (χ0) is 15.0. The lowest BCUT2D eigenvalue weighted by Crippen LogP contribution is -2.50. The van der Waals surface area contributed by atoms with Gasteiger partial charge in [0.1, 0.15) is 0 Å². The van der Waals surface area contributed by atoms with E-state index in [1.807, 2.05) is 0 Å². The van der Waals surface area contributed by atoms with Crippen LogP contribution < -0.4 is 0 Å². The SMILES string of the molecule is CC=C(C)CC[C@H]1[C](C)CC[C@H]2C(C)(C)CCC[C@]12C. The Morgan fingerprint density at radius 1 is 1.25 bits per heavy atom. The molecule has 0 saturated heterocycles. The van der Waals surface area contributed by atoms with Gasteiger partial charge in [-0.15, -0.1) is 0 Å². The van der Waals surface area contributed by atoms with Gasteiger partial charge in [0, 0.05) is 0 Å². The first-order chi connectivity index (χ1) is 9.31. The summed E-state index contributed by atoms with van der Waals surface area (Å²) in [5.41, 5.74) is 2.69. The van der Waals surface area contributed by atoms with E-state index in [2.05, 4.69) is 47.6 Å². The zero-order valence-electron chi connectivity index (χ0n) is 14.7. The molecule has 0 aromatic heterocycles. The van der Waals surface area contributed by atoms with Crippen LogP contribution in [-0.4, -0.2) is 0 Å². The molecule has 0 aromatic carbocycles. The van der Waals surface area contributed by atoms with Crippen LogP contribution in [0, 0.1) is 28.6 Å². The molecule has 20 heavy (non-hydrogen) atoms. The zero-order valence-corrected chi connectivity index (χ0v) is 14.7. The number of rotatable bonds is 3. The maximum absolute atomic E-state index is 2.62. The van der Waals surface area contributed by atoms with Gasteiger partial charge in [0.15, 0.2) is 0 Å². The minimum absolute atomic E-state index is 0.557. The van der Waals surface area contributed by atoms with Crippen LogP contribution >= 0.6 is 0 Å². The molecule has 0 heterocycles. The first kappa shape index (κ1) is 16.1. The number of fused-ring (bicyclic) bond motifs is 1. The van der Waals surface area contributed by atoms with Crippen molar-refractivity contribution in [3.8, 4) is 0 Å². The van der Waals surface area contributed by atoms with Crippen molar-refractivity contribution in [2.24, 2.45) is 22.7 Å². The van der Waals surface area contributed by atoms with Gasteiger partial charge in [-0.25, -0.2) is 0 Å². The highest BCUT2D eigenvalue weighted by Crippen LogP contribution is 2.62. The summed E-state index contributed by atoms with van der Waals surface area (Å²) in [7, 11) is 0. The Hall–Kier alpha value is -0.260. The van der Waals surface area contributed by atoms with E-state index in [4.69, 9.17) is 0 Å². The van der Waals surface area contributed by atoms with Crippen LogP contribution in [0.2, 0.25) is 0 Å². The standard InChI is InChI=1S/C20H35/c1-7-15(2)9-11-17-16(3)10-12-18-19(4,5)13-8-14-20(17,18)6/h7,17-18H,8-14H2,1-6H3/t17-,18-,20+/m0/s1. The number of hydrogen-bond donors (Lipinski definition) is 0. The van der Waals surface area contributed by atoms with E-state index in [9.17, 15) is 0 Å². The molecule has 0 aliphatic heterocycles. The van der Waals surface area contributed by atoms with Crippen LogP contribution in [0.3, 0.4) is 0 Å². The number of hydrogen-bond acceptors (Lipinski definition) is 0. The molecular formula is C20H35. The van der Waals surface area contributed by atoms with Crippen molar-refractivity contribution in [1.29, 1.82) is 0 Å². The molecule has 1 radical (unpaired) electrons. The predicted molar refractivity (Wildman–Crippen MR) is 89.5 cm³/mol. The Bertz CT molecular complexity index is 362. The summed E-state index contributed by atoms with van der Waals surface area (Å²) in [4.78, 5) is 0. The van der Waals surface area contributed by atoms with Gasteiger partial charge >= 0.3 is 0 Å². The van der Waals surface area contributed by atoms with E-state index in [1.165, 1.54) is 44.9 Å². The fraction of sp³-hybridized carbons (Fsp3) is 0.850. The van der Waals surface area contributed by atoms with Gasteiger partial charge in [-0.3, -0.25) is 0 Å². The average molecular weight is 275 g/mol. The minimum atomic E-state index is 0.557. The second-order valence-corrected chi connectivity index (χ2v) is 8.51. The lowest BCUT2D eigenvalue weighted by molar-refractivity contribution is -0.0643. The van der Waals surface area contributed by atoms with Crippen molar-refractivity contribution in [3.63, 3.8) is 0 Å². The fourth-order valence-electron chi connectivity index (χ4n) is 5.51. The maximum atomic E-state index is 2.62. The van der Waals surface area contributed by atoms with Crippen molar-refractivity contribution in [1.82, 2.24) is 0 Å². The summed E-state index contributed by atoms with van der Waals surface area (Å²) in [6.07, 6.45) is 12.1. The summed E-state index contributed by atoms with van der Waals surface area (Å²) in [6, 6.07) is 0. The summed E-state index contributed by atoms with van der Waals surface area (Å²) in [6.45, 7) is 14.6. The van der Waals surface area contributed by atoms with Gasteiger partial charge in [0.05, 0.1) is 0 Å². The van der Waals surface area contributed by atoms with Gasteiger partial charge in [-0.05, 0) is 81.0 Å². The molecule has 2 aliphatic rings. The van der Waals surface area contributed by atoms with Crippen LogP contribution in [0.4, 0.5) is 0 Å². The Kier molecular flexibility index (Phi) is 4.72. The predicted octanol–water partition coefficient (Wildman–Crippen LogP) is 6.57. The third-order valence-electron chi connectivity index (χ3n) is 6.81. The molecule has 3 atom stereocenters. The van der Waals surface area contributed by atoms with Gasteiger partial charge in [-0.2, -0.15) is 0 Å². The van der Waals surface area contributed by atoms with Crippen molar-refractivity contribution >= 4 is 0 Å². The molecule has 0 spiro atoms. The molecule has 2 aliphatic carbocycles. The molecule has 0 bridgehead atoms. The average Bonchev–Trinajstić information content (AvgIpc) is 2.36. The molecular weight excluding hydrogens is 240 g/mol. The largest absolute Gasteiger partial charge is 0.0887 e. The second kappa shape index (κ2) is 5.85. The Morgan fingerprint density at radius 2 is 1.95 bits per heavy atom. The summed E-state index contributed by atoms with van der Waals surface area (Å²) < 4.78 is 0. The Morgan fingerprint density at radius 3 is 2.60 bits per heavy atom. The van der Waals surface area contributed by atoms with Crippen molar-refractivity contribution in [2.75, 3.05) is 0 Å². The first-order valence-electron chi connectivity index (χ1n) is 8.75. The molecule has 115 valence electrons. The van der Waals surface area contributed by atoms with E-state index in [0.29, 0.717) is 10.8 Å². The van der Waals surface area contributed by atoms with Crippen LogP contribution in [0.25, 0.3) is 0 Å². The fourth-order valence-corrected chi connectivity index (χ4v) is 5.51. The highest BCUT2D eigenvalue weighted by atomic mass is 14.6. The van der Waals surface area contributed by atoms with Crippen LogP contribution in [0.5, 0.6) is 0 Å². The molecule has 0 nitrogen and oxygen atoms in total. The molecule has 0 aromatic rings. The lowest BCUT2D eigenvalue weighted by atomic mass is 9.46. The highest BCUT2D eigenvalue weighted by Gasteiger charge is 2.53. The summed E-state index contributed by atoms with van der Waals surface area (Å²) in [5.74, 6) is 3.59. The van der Waals surface area contributed by atoms with Crippen molar-refractivity contribution in [3.05, 3.63) is 17.6 Å². The van der Waals surface area contributed by atoms with E-state index in [1.54, 1.807) is 11.5 Å². The molecule has 0 unspecified atom stereocenters. The lowest BCUT2D eigenvalue weighted by Gasteiger charge is -2.59. The first-order valence-corrected chi connectivity index (χ1v) is 8.75. The third-order valence-corrected chi connectivity index (χ3v) is 6.81. The van der Waals surface area contributed by atoms with Gasteiger partial charge in [-0.1, -0.05) is 45.8 Å². The molecule has 2 fully saturated rings. The third kappa shape index (κ3) is 2.85. The van der Waals surface area contributed by atoms with Crippen LogP contribution in [0.1, 0.15) is 86.5 Å². The van der Waals surface area contributed by atoms with Gasteiger partial charge in [0.25, 0.3) is 0 Å². The van der Waals surface area contributed by atoms with E-state index >= 15 is 0 Å². The van der Waals surface area contributed by atoms with E-state index in [0.717, 1.165) is 11.8 Å². The van der Waals surface area contributed by atoms with Crippen LogP contribution in [-0.2, 0) is 0 Å². The Labute approximate surface area is 127 Å².